The van der Waals surface area contributed by atoms with Crippen molar-refractivity contribution in [1.82, 2.24) is 10.3 Å². The van der Waals surface area contributed by atoms with Crippen LogP contribution in [-0.2, 0) is 6.42 Å². The zero-order valence-corrected chi connectivity index (χ0v) is 12.9. The van der Waals surface area contributed by atoms with Gasteiger partial charge in [-0.3, -0.25) is 14.6 Å². The van der Waals surface area contributed by atoms with Crippen molar-refractivity contribution in [3.8, 4) is 0 Å². The molecule has 0 unspecified atom stereocenters. The topological polar surface area (TPSA) is 59.1 Å². The first-order valence-electron chi connectivity index (χ1n) is 7.08. The van der Waals surface area contributed by atoms with Gasteiger partial charge in [-0.15, -0.1) is 0 Å². The smallest absolute Gasteiger partial charge is 0.253 e. The van der Waals surface area contributed by atoms with Gasteiger partial charge >= 0.3 is 0 Å². The molecule has 1 heterocycles. The third-order valence-electron chi connectivity index (χ3n) is 3.83. The number of Topliss-reactive ketones (excluding diaryl/α,β-unsaturated/α-hetero) is 1. The lowest BCUT2D eigenvalue weighted by atomic mass is 9.74. The molecule has 1 amide bonds. The van der Waals surface area contributed by atoms with Gasteiger partial charge in [-0.05, 0) is 38.2 Å². The number of nitrogens with zero attached hydrogens (tertiary/aromatic N) is 1. The first kappa shape index (κ1) is 14.7. The number of hydrogen-bond acceptors (Lipinski definition) is 3. The molecule has 1 aromatic heterocycles. The minimum absolute atomic E-state index is 0.0524. The highest BCUT2D eigenvalue weighted by atomic mass is 16.1. The molecule has 4 nitrogen and oxygen atoms in total. The van der Waals surface area contributed by atoms with Gasteiger partial charge in [0.25, 0.3) is 5.91 Å². The van der Waals surface area contributed by atoms with E-state index in [0.29, 0.717) is 29.8 Å². The summed E-state index contributed by atoms with van der Waals surface area (Å²) in [6.07, 6.45) is 1.30. The van der Waals surface area contributed by atoms with E-state index in [9.17, 15) is 9.59 Å². The standard InChI is InChI=1S/C16H22N2O2/c1-6-17-15(20)13-9(2)14-11(18-10(13)3)7-16(4,5)8-12(14)19/h6-8H2,1-5H3,(H,17,20). The summed E-state index contributed by atoms with van der Waals surface area (Å²) in [6, 6.07) is 0. The molecule has 0 saturated carbocycles. The van der Waals surface area contributed by atoms with Crippen LogP contribution in [0.25, 0.3) is 0 Å². The van der Waals surface area contributed by atoms with Crippen LogP contribution in [0, 0.1) is 19.3 Å². The molecule has 108 valence electrons. The van der Waals surface area contributed by atoms with E-state index in [1.165, 1.54) is 0 Å². The van der Waals surface area contributed by atoms with Crippen LogP contribution in [0.4, 0.5) is 0 Å². The van der Waals surface area contributed by atoms with Gasteiger partial charge < -0.3 is 5.32 Å². The molecule has 0 saturated heterocycles. The molecule has 4 heteroatoms. The average molecular weight is 274 g/mol. The maximum absolute atomic E-state index is 12.4. The van der Waals surface area contributed by atoms with E-state index in [1.807, 2.05) is 20.8 Å². The van der Waals surface area contributed by atoms with Crippen molar-refractivity contribution in [2.45, 2.75) is 47.5 Å². The number of ketones is 1. The molecular formula is C16H22N2O2. The number of aryl methyl sites for hydroxylation is 1. The van der Waals surface area contributed by atoms with E-state index in [1.54, 1.807) is 0 Å². The summed E-state index contributed by atoms with van der Waals surface area (Å²) in [6.45, 7) is 10.3. The number of fused-ring (bicyclic) bond motifs is 1. The second-order valence-electron chi connectivity index (χ2n) is 6.32. The number of carbonyl (C=O) groups excluding carboxylic acids is 2. The Morgan fingerprint density at radius 3 is 2.55 bits per heavy atom. The Labute approximate surface area is 120 Å². The van der Waals surface area contributed by atoms with Crippen LogP contribution in [0.15, 0.2) is 0 Å². The number of aromatic nitrogens is 1. The summed E-state index contributed by atoms with van der Waals surface area (Å²) in [5, 5.41) is 2.79. The molecule has 0 atom stereocenters. The fourth-order valence-electron chi connectivity index (χ4n) is 3.05. The molecule has 1 aromatic rings. The number of pyridine rings is 1. The van der Waals surface area contributed by atoms with Gasteiger partial charge in [-0.2, -0.15) is 0 Å². The van der Waals surface area contributed by atoms with Gasteiger partial charge in [0.15, 0.2) is 5.78 Å². The maximum atomic E-state index is 12.4. The van der Waals surface area contributed by atoms with Crippen molar-refractivity contribution in [3.05, 3.63) is 28.1 Å². The Morgan fingerprint density at radius 2 is 1.95 bits per heavy atom. The highest BCUT2D eigenvalue weighted by Gasteiger charge is 2.34. The van der Waals surface area contributed by atoms with Gasteiger partial charge in [0, 0.05) is 18.5 Å². The molecular weight excluding hydrogens is 252 g/mol. The van der Waals surface area contributed by atoms with E-state index in [4.69, 9.17) is 0 Å². The number of hydrogen-bond donors (Lipinski definition) is 1. The number of carbonyl (C=O) groups is 2. The fraction of sp³-hybridized carbons (Fsp3) is 0.562. The zero-order chi connectivity index (χ0) is 15.1. The van der Waals surface area contributed by atoms with Crippen LogP contribution in [0.1, 0.15) is 64.9 Å². The van der Waals surface area contributed by atoms with Gasteiger partial charge in [-0.1, -0.05) is 13.8 Å². The molecule has 0 radical (unpaired) electrons. The van der Waals surface area contributed by atoms with Gasteiger partial charge in [0.05, 0.1) is 17.0 Å². The molecule has 0 fully saturated rings. The van der Waals surface area contributed by atoms with Crippen molar-refractivity contribution in [1.29, 1.82) is 0 Å². The Bertz CT molecular complexity index is 589. The molecule has 20 heavy (non-hydrogen) atoms. The summed E-state index contributed by atoms with van der Waals surface area (Å²) in [5.41, 5.74) is 3.49. The second kappa shape index (κ2) is 5.00. The Balaban J connectivity index is 2.60. The highest BCUT2D eigenvalue weighted by Crippen LogP contribution is 2.36. The fourth-order valence-corrected chi connectivity index (χ4v) is 3.05. The van der Waals surface area contributed by atoms with Crippen LogP contribution in [0.2, 0.25) is 0 Å². The van der Waals surface area contributed by atoms with Crippen molar-refractivity contribution < 1.29 is 9.59 Å². The summed E-state index contributed by atoms with van der Waals surface area (Å²) in [7, 11) is 0. The number of nitrogens with one attached hydrogen (secondary N) is 1. The lowest BCUT2D eigenvalue weighted by molar-refractivity contribution is 0.0909. The van der Waals surface area contributed by atoms with Crippen LogP contribution in [0.5, 0.6) is 0 Å². The molecule has 0 spiro atoms. The summed E-state index contributed by atoms with van der Waals surface area (Å²) >= 11 is 0. The first-order chi connectivity index (χ1) is 9.26. The highest BCUT2D eigenvalue weighted by molar-refractivity contribution is 6.04. The molecule has 1 N–H and O–H groups in total. The van der Waals surface area contributed by atoms with E-state index in [-0.39, 0.29) is 17.1 Å². The normalized spacial score (nSPS) is 16.8. The Hall–Kier alpha value is -1.71. The van der Waals surface area contributed by atoms with E-state index in [0.717, 1.165) is 17.7 Å². The number of amides is 1. The number of rotatable bonds is 2. The lowest BCUT2D eigenvalue weighted by Gasteiger charge is -2.31. The average Bonchev–Trinajstić information content (AvgIpc) is 2.25. The summed E-state index contributed by atoms with van der Waals surface area (Å²) in [5.74, 6) is -0.0396. The Kier molecular flexibility index (Phi) is 3.67. The van der Waals surface area contributed by atoms with Crippen molar-refractivity contribution in [2.24, 2.45) is 5.41 Å². The van der Waals surface area contributed by atoms with Crippen molar-refractivity contribution in [2.75, 3.05) is 6.54 Å². The largest absolute Gasteiger partial charge is 0.352 e. The quantitative estimate of drug-likeness (QED) is 0.901. The monoisotopic (exact) mass is 274 g/mol. The van der Waals surface area contributed by atoms with Crippen molar-refractivity contribution >= 4 is 11.7 Å². The first-order valence-corrected chi connectivity index (χ1v) is 7.08. The van der Waals surface area contributed by atoms with E-state index in [2.05, 4.69) is 24.1 Å². The van der Waals surface area contributed by atoms with E-state index >= 15 is 0 Å². The van der Waals surface area contributed by atoms with Gasteiger partial charge in [-0.25, -0.2) is 0 Å². The lowest BCUT2D eigenvalue weighted by Crippen LogP contribution is -2.32. The molecule has 1 aliphatic carbocycles. The molecule has 0 aliphatic heterocycles. The maximum Gasteiger partial charge on any atom is 0.253 e. The summed E-state index contributed by atoms with van der Waals surface area (Å²) in [4.78, 5) is 29.1. The van der Waals surface area contributed by atoms with Crippen LogP contribution in [0.3, 0.4) is 0 Å². The molecule has 0 aromatic carbocycles. The van der Waals surface area contributed by atoms with Gasteiger partial charge in [0.1, 0.15) is 0 Å². The van der Waals surface area contributed by atoms with Crippen molar-refractivity contribution in [3.63, 3.8) is 0 Å². The van der Waals surface area contributed by atoms with Crippen LogP contribution < -0.4 is 5.32 Å². The minimum Gasteiger partial charge on any atom is -0.352 e. The van der Waals surface area contributed by atoms with Crippen LogP contribution >= 0.6 is 0 Å². The van der Waals surface area contributed by atoms with E-state index < -0.39 is 0 Å². The second-order valence-corrected chi connectivity index (χ2v) is 6.32. The Morgan fingerprint density at radius 1 is 1.30 bits per heavy atom. The van der Waals surface area contributed by atoms with Crippen LogP contribution in [-0.4, -0.2) is 23.2 Å². The molecule has 1 aliphatic rings. The van der Waals surface area contributed by atoms with Gasteiger partial charge in [0.2, 0.25) is 0 Å². The minimum atomic E-state index is -0.143. The summed E-state index contributed by atoms with van der Waals surface area (Å²) < 4.78 is 0. The zero-order valence-electron chi connectivity index (χ0n) is 12.9. The third-order valence-corrected chi connectivity index (χ3v) is 3.83. The molecule has 0 bridgehead atoms. The SMILES string of the molecule is CCNC(=O)c1c(C)nc2c(c1C)C(=O)CC(C)(C)C2. The predicted molar refractivity (Wildman–Crippen MR) is 78.2 cm³/mol. The molecule has 2 rings (SSSR count). The predicted octanol–water partition coefficient (Wildman–Crippen LogP) is 2.60. The third kappa shape index (κ3) is 2.47.